The Balaban J connectivity index is 1.83. The van der Waals surface area contributed by atoms with Gasteiger partial charge in [-0.15, -0.1) is 0 Å². The normalized spacial score (nSPS) is 20.4. The summed E-state index contributed by atoms with van der Waals surface area (Å²) in [5.41, 5.74) is 7.19. The number of likely N-dealkylation sites (N-methyl/N-ethyl adjacent to an activating group) is 2. The third-order valence-electron chi connectivity index (χ3n) is 8.63. The molecule has 0 aromatic heterocycles. The van der Waals surface area contributed by atoms with Crippen molar-refractivity contribution in [1.82, 2.24) is 4.58 Å². The van der Waals surface area contributed by atoms with Crippen LogP contribution in [0.3, 0.4) is 0 Å². The summed E-state index contributed by atoms with van der Waals surface area (Å²) < 4.78 is 36.0. The van der Waals surface area contributed by atoms with Crippen LogP contribution in [-0.4, -0.2) is 42.9 Å². The van der Waals surface area contributed by atoms with Crippen LogP contribution in [-0.2, 0) is 15.5 Å². The molecule has 1 N–H and O–H groups in total. The molecule has 2 radical (unpaired) electrons. The number of hydrogen-bond acceptors (Lipinski definition) is 3. The molecule has 1 aliphatic carbocycles. The van der Waals surface area contributed by atoms with Gasteiger partial charge < -0.3 is 4.90 Å². The summed E-state index contributed by atoms with van der Waals surface area (Å²) in [6.07, 6.45) is 6.31. The summed E-state index contributed by atoms with van der Waals surface area (Å²) in [6, 6.07) is 8.86. The maximum absolute atomic E-state index is 12.0. The fraction of sp³-hybridized carbons (Fsp3) is 0.438. The van der Waals surface area contributed by atoms with E-state index in [1.54, 1.807) is 0 Å². The molecule has 0 saturated carbocycles. The van der Waals surface area contributed by atoms with Gasteiger partial charge in [0.2, 0.25) is 5.36 Å². The van der Waals surface area contributed by atoms with E-state index in [4.69, 9.17) is 6.92 Å². The van der Waals surface area contributed by atoms with Crippen molar-refractivity contribution in [3.63, 3.8) is 0 Å². The van der Waals surface area contributed by atoms with Gasteiger partial charge in [0.15, 0.2) is 5.54 Å². The molecule has 200 valence electrons. The van der Waals surface area contributed by atoms with Gasteiger partial charge in [-0.3, -0.25) is 4.55 Å². The highest BCUT2D eigenvalue weighted by Crippen LogP contribution is 2.44. The van der Waals surface area contributed by atoms with Crippen LogP contribution in [0, 0.1) is 6.92 Å². The molecule has 38 heavy (non-hydrogen) atoms. The van der Waals surface area contributed by atoms with Crippen molar-refractivity contribution in [2.45, 2.75) is 71.9 Å². The molecule has 5 rings (SSSR count). The summed E-state index contributed by atoms with van der Waals surface area (Å²) in [4.78, 5) is 2.41. The molecule has 5 nitrogen and oxygen atoms in total. The molecule has 0 fully saturated rings. The van der Waals surface area contributed by atoms with Crippen LogP contribution in [0.25, 0.3) is 17.2 Å². The van der Waals surface area contributed by atoms with Crippen LogP contribution in [0.2, 0.25) is 0 Å². The lowest BCUT2D eigenvalue weighted by atomic mass is 9.70. The minimum atomic E-state index is -4.19. The molecule has 0 amide bonds. The summed E-state index contributed by atoms with van der Waals surface area (Å²) in [5.74, 6) is -0.406. The Morgan fingerprint density at radius 3 is 2.24 bits per heavy atom. The molecule has 2 aromatic rings. The predicted octanol–water partition coefficient (Wildman–Crippen LogP) is 4.44. The van der Waals surface area contributed by atoms with Crippen LogP contribution < -0.4 is 20.1 Å². The first-order chi connectivity index (χ1) is 17.5. The number of benzene rings is 2. The monoisotopic (exact) mass is 531 g/mol. The van der Waals surface area contributed by atoms with E-state index in [2.05, 4.69) is 101 Å². The first-order valence-electron chi connectivity index (χ1n) is 13.4. The second-order valence-corrected chi connectivity index (χ2v) is 13.9. The smallest absolute Gasteiger partial charge is 0.269 e. The van der Waals surface area contributed by atoms with Gasteiger partial charge in [0, 0.05) is 43.1 Å². The summed E-state index contributed by atoms with van der Waals surface area (Å²) >= 11 is 0. The fourth-order valence-electron chi connectivity index (χ4n) is 6.99. The minimum absolute atomic E-state index is 0.178. The highest BCUT2D eigenvalue weighted by atomic mass is 32.2. The molecule has 0 spiro atoms. The van der Waals surface area contributed by atoms with E-state index in [1.807, 2.05) is 6.08 Å². The summed E-state index contributed by atoms with van der Waals surface area (Å²) in [6.45, 7) is 25.6. The number of hydrogen-bond donors (Lipinski definition) is 1. The first-order valence-corrected chi connectivity index (χ1v) is 15.0. The fourth-order valence-corrected chi connectivity index (χ4v) is 7.62. The Labute approximate surface area is 227 Å². The highest BCUT2D eigenvalue weighted by molar-refractivity contribution is 7.86. The van der Waals surface area contributed by atoms with Crippen LogP contribution in [0.4, 0.5) is 5.69 Å². The lowest BCUT2D eigenvalue weighted by molar-refractivity contribution is 0.401. The lowest BCUT2D eigenvalue weighted by Gasteiger charge is -2.44. The number of fused-ring (bicyclic) bond motifs is 4. The first kappa shape index (κ1) is 26.9. The van der Waals surface area contributed by atoms with Gasteiger partial charge in [-0.05, 0) is 98.0 Å². The van der Waals surface area contributed by atoms with Crippen molar-refractivity contribution in [1.29, 1.82) is 0 Å². The maximum atomic E-state index is 12.0. The van der Waals surface area contributed by atoms with Gasteiger partial charge in [0.25, 0.3) is 10.1 Å². The van der Waals surface area contributed by atoms with E-state index in [-0.39, 0.29) is 11.0 Å². The molecule has 0 bridgehead atoms. The van der Waals surface area contributed by atoms with Gasteiger partial charge in [-0.2, -0.15) is 8.42 Å². The minimum Gasteiger partial charge on any atom is -0.363 e. The summed E-state index contributed by atoms with van der Waals surface area (Å²) in [5, 5.41) is 2.06. The molecule has 2 aromatic carbocycles. The summed E-state index contributed by atoms with van der Waals surface area (Å²) in [7, 11) is -4.19. The Hall–Kier alpha value is -2.70. The van der Waals surface area contributed by atoms with Crippen molar-refractivity contribution in [2.75, 3.05) is 23.7 Å². The van der Waals surface area contributed by atoms with E-state index in [1.165, 1.54) is 11.1 Å². The lowest BCUT2D eigenvalue weighted by Crippen LogP contribution is -2.50. The predicted molar refractivity (Wildman–Crippen MR) is 157 cm³/mol. The maximum Gasteiger partial charge on any atom is 0.269 e. The molecule has 0 unspecified atom stereocenters. The molecular formula is C32H39N2O3S+. The molecule has 2 aliphatic heterocycles. The topological polar surface area (TPSA) is 60.6 Å². The van der Waals surface area contributed by atoms with Crippen LogP contribution >= 0.6 is 0 Å². The second-order valence-electron chi connectivity index (χ2n) is 12.5. The van der Waals surface area contributed by atoms with Crippen molar-refractivity contribution in [3.8, 4) is 0 Å². The third kappa shape index (κ3) is 4.08. The van der Waals surface area contributed by atoms with Gasteiger partial charge in [-0.25, -0.2) is 4.58 Å². The zero-order valence-corrected chi connectivity index (χ0v) is 24.6. The Morgan fingerprint density at radius 2 is 1.63 bits per heavy atom. The van der Waals surface area contributed by atoms with Crippen molar-refractivity contribution in [2.24, 2.45) is 0 Å². The van der Waals surface area contributed by atoms with E-state index >= 15 is 0 Å². The van der Waals surface area contributed by atoms with Gasteiger partial charge in [0.1, 0.15) is 12.3 Å². The molecule has 2 heterocycles. The van der Waals surface area contributed by atoms with E-state index < -0.39 is 21.4 Å². The largest absolute Gasteiger partial charge is 0.363 e. The number of allylic oxidation sites excluding steroid dienone is 1. The third-order valence-corrected chi connectivity index (χ3v) is 9.31. The highest BCUT2D eigenvalue weighted by Gasteiger charge is 2.39. The average Bonchev–Trinajstić information content (AvgIpc) is 2.76. The van der Waals surface area contributed by atoms with Crippen LogP contribution in [0.15, 0.2) is 36.4 Å². The molecule has 6 heteroatoms. The molecule has 0 atom stereocenters. The van der Waals surface area contributed by atoms with Gasteiger partial charge >= 0.3 is 0 Å². The van der Waals surface area contributed by atoms with Crippen molar-refractivity contribution in [3.05, 3.63) is 81.7 Å². The Morgan fingerprint density at radius 1 is 0.947 bits per heavy atom. The second kappa shape index (κ2) is 8.40. The quantitative estimate of drug-likeness (QED) is 0.468. The van der Waals surface area contributed by atoms with E-state index in [0.717, 1.165) is 51.6 Å². The number of anilines is 1. The standard InChI is InChI=1S/C32H38N2O3S/c1-10-33-28-15-26-21(13-24(28)20(3)17-30(33,4)5)12-22-14-25-23(19-38(35,36)37)18-31(6,7)34(11-2)29(25)16-27(22)32(26,8)9/h3,12-18H,10-11,19H2,1-2,4-9H3/p+1. The molecule has 0 saturated heterocycles. The van der Waals surface area contributed by atoms with E-state index in [9.17, 15) is 13.0 Å². The average molecular weight is 532 g/mol. The number of nitrogens with zero attached hydrogens (tertiary/aromatic N) is 2. The zero-order valence-electron chi connectivity index (χ0n) is 23.8. The van der Waals surface area contributed by atoms with Crippen molar-refractivity contribution < 1.29 is 13.0 Å². The molecular weight excluding hydrogens is 492 g/mol. The zero-order chi connectivity index (χ0) is 28.0. The number of rotatable bonds is 4. The Bertz CT molecular complexity index is 1670. The van der Waals surface area contributed by atoms with Gasteiger partial charge in [-0.1, -0.05) is 19.9 Å². The van der Waals surface area contributed by atoms with E-state index in [0.29, 0.717) is 5.57 Å². The molecule has 3 aliphatic rings. The Kier molecular flexibility index (Phi) is 5.94. The SMILES string of the molecule is [CH]C1=CC(C)(C)N(CC)c2cc3c(cc21)C=c1cc2c(cc1C3(C)C)=[N+](CC)C(C)(C)C=C2CS(=O)(=O)O. The van der Waals surface area contributed by atoms with Crippen LogP contribution in [0.5, 0.6) is 0 Å². The van der Waals surface area contributed by atoms with Crippen LogP contribution in [0.1, 0.15) is 83.2 Å². The van der Waals surface area contributed by atoms with Crippen molar-refractivity contribution >= 4 is 33.0 Å². The van der Waals surface area contributed by atoms with Gasteiger partial charge in [0.05, 0.1) is 11.1 Å².